The number of hydrogen-bond acceptors (Lipinski definition) is 2. The standard InChI is InChI=1S/C11H19N2PS/c1-9(2)14(15,10(3)4)13-11-7-5-6-8-12-11/h5-10H,1-4H3,(H,12,13,15). The Morgan fingerprint density at radius 3 is 2.20 bits per heavy atom. The molecule has 1 aromatic heterocycles. The van der Waals surface area contributed by atoms with Gasteiger partial charge in [-0.15, -0.1) is 0 Å². The molecule has 0 aliphatic heterocycles. The first-order valence-corrected chi connectivity index (χ1v) is 8.19. The number of aromatic nitrogens is 1. The molecule has 0 atom stereocenters. The fraction of sp³-hybridized carbons (Fsp3) is 0.545. The normalized spacial score (nSPS) is 12.1. The zero-order valence-corrected chi connectivity index (χ0v) is 11.5. The molecule has 0 aliphatic rings. The molecule has 0 saturated heterocycles. The fourth-order valence-electron chi connectivity index (χ4n) is 1.46. The van der Waals surface area contributed by atoms with Crippen LogP contribution in [-0.2, 0) is 11.8 Å². The first kappa shape index (κ1) is 12.7. The molecule has 0 fully saturated rings. The quantitative estimate of drug-likeness (QED) is 0.815. The molecule has 0 radical (unpaired) electrons. The van der Waals surface area contributed by atoms with Gasteiger partial charge in [-0.3, -0.25) is 0 Å². The lowest BCUT2D eigenvalue weighted by molar-refractivity contribution is 1.01. The van der Waals surface area contributed by atoms with E-state index in [1.807, 2.05) is 18.2 Å². The topological polar surface area (TPSA) is 24.9 Å². The van der Waals surface area contributed by atoms with Crippen LogP contribution < -0.4 is 5.09 Å². The Balaban J connectivity index is 2.91. The molecule has 1 aromatic rings. The molecule has 0 aliphatic carbocycles. The van der Waals surface area contributed by atoms with Crippen molar-refractivity contribution in [2.24, 2.45) is 0 Å². The van der Waals surface area contributed by atoms with Crippen molar-refractivity contribution in [2.45, 2.75) is 39.0 Å². The van der Waals surface area contributed by atoms with Crippen molar-refractivity contribution in [1.82, 2.24) is 4.98 Å². The van der Waals surface area contributed by atoms with E-state index in [1.54, 1.807) is 6.20 Å². The maximum atomic E-state index is 5.79. The summed E-state index contributed by atoms with van der Waals surface area (Å²) in [6, 6.07) is 5.88. The summed E-state index contributed by atoms with van der Waals surface area (Å²) >= 11 is 5.79. The molecule has 4 heteroatoms. The third-order valence-corrected chi connectivity index (χ3v) is 8.94. The Labute approximate surface area is 97.6 Å². The van der Waals surface area contributed by atoms with Crippen molar-refractivity contribution in [3.05, 3.63) is 24.4 Å². The van der Waals surface area contributed by atoms with Gasteiger partial charge in [-0.1, -0.05) is 45.6 Å². The second kappa shape index (κ2) is 5.09. The smallest absolute Gasteiger partial charge is 0.129 e. The second-order valence-electron chi connectivity index (χ2n) is 4.22. The van der Waals surface area contributed by atoms with E-state index in [-0.39, 0.29) is 0 Å². The van der Waals surface area contributed by atoms with Gasteiger partial charge in [0.05, 0.1) is 0 Å². The van der Waals surface area contributed by atoms with Crippen LogP contribution in [0.3, 0.4) is 0 Å². The molecule has 2 nitrogen and oxygen atoms in total. The van der Waals surface area contributed by atoms with Gasteiger partial charge in [-0.2, -0.15) is 0 Å². The second-order valence-corrected chi connectivity index (χ2v) is 9.74. The van der Waals surface area contributed by atoms with Gasteiger partial charge in [0.15, 0.2) is 0 Å². The number of hydrogen-bond donors (Lipinski definition) is 1. The SMILES string of the molecule is CC(C)P(=S)(Nc1ccccn1)C(C)C. The number of nitrogens with zero attached hydrogens (tertiary/aromatic N) is 1. The van der Waals surface area contributed by atoms with Crippen LogP contribution in [-0.4, -0.2) is 16.3 Å². The maximum Gasteiger partial charge on any atom is 0.129 e. The highest BCUT2D eigenvalue weighted by atomic mass is 32.4. The van der Waals surface area contributed by atoms with Crippen molar-refractivity contribution in [1.29, 1.82) is 0 Å². The van der Waals surface area contributed by atoms with E-state index in [2.05, 4.69) is 37.8 Å². The molecule has 0 aromatic carbocycles. The van der Waals surface area contributed by atoms with E-state index in [4.69, 9.17) is 11.8 Å². The zero-order valence-electron chi connectivity index (χ0n) is 9.77. The molecule has 1 N–H and O–H groups in total. The summed E-state index contributed by atoms with van der Waals surface area (Å²) in [7, 11) is 0. The number of anilines is 1. The van der Waals surface area contributed by atoms with Crippen LogP contribution in [0.25, 0.3) is 0 Å². The van der Waals surface area contributed by atoms with Crippen molar-refractivity contribution in [3.63, 3.8) is 0 Å². The van der Waals surface area contributed by atoms with Crippen LogP contribution in [0.15, 0.2) is 24.4 Å². The van der Waals surface area contributed by atoms with Crippen molar-refractivity contribution < 1.29 is 0 Å². The Hall–Kier alpha value is -0.400. The molecule has 0 spiro atoms. The summed E-state index contributed by atoms with van der Waals surface area (Å²) < 4.78 is 0. The van der Waals surface area contributed by atoms with E-state index < -0.39 is 6.19 Å². The van der Waals surface area contributed by atoms with E-state index in [0.29, 0.717) is 11.3 Å². The predicted octanol–water partition coefficient (Wildman–Crippen LogP) is 3.70. The number of pyridine rings is 1. The number of nitrogens with one attached hydrogen (secondary N) is 1. The van der Waals surface area contributed by atoms with Crippen molar-refractivity contribution in [2.75, 3.05) is 5.09 Å². The highest BCUT2D eigenvalue weighted by molar-refractivity contribution is 8.15. The Bertz CT molecular complexity index is 337. The first-order valence-electron chi connectivity index (χ1n) is 5.25. The average Bonchev–Trinajstić information content (AvgIpc) is 2.18. The van der Waals surface area contributed by atoms with Crippen molar-refractivity contribution in [3.8, 4) is 0 Å². The number of rotatable bonds is 4. The summed E-state index contributed by atoms with van der Waals surface area (Å²) in [6.45, 7) is 8.76. The van der Waals surface area contributed by atoms with Gasteiger partial charge in [0.1, 0.15) is 5.82 Å². The van der Waals surface area contributed by atoms with E-state index >= 15 is 0 Å². The Morgan fingerprint density at radius 1 is 1.20 bits per heavy atom. The van der Waals surface area contributed by atoms with Gasteiger partial charge >= 0.3 is 0 Å². The monoisotopic (exact) mass is 242 g/mol. The Morgan fingerprint density at radius 2 is 1.80 bits per heavy atom. The molecular weight excluding hydrogens is 223 g/mol. The first-order chi connectivity index (χ1) is 6.97. The molecule has 0 amide bonds. The molecule has 84 valence electrons. The lowest BCUT2D eigenvalue weighted by atomic mass is 10.5. The summed E-state index contributed by atoms with van der Waals surface area (Å²) in [6.07, 6.45) is 0.230. The van der Waals surface area contributed by atoms with Gasteiger partial charge in [0, 0.05) is 12.4 Å². The average molecular weight is 242 g/mol. The van der Waals surface area contributed by atoms with Crippen LogP contribution in [0.1, 0.15) is 27.7 Å². The molecular formula is C11H19N2PS. The van der Waals surface area contributed by atoms with E-state index in [1.165, 1.54) is 0 Å². The van der Waals surface area contributed by atoms with E-state index in [0.717, 1.165) is 5.82 Å². The van der Waals surface area contributed by atoms with Crippen LogP contribution in [0.4, 0.5) is 5.82 Å². The summed E-state index contributed by atoms with van der Waals surface area (Å²) in [5.41, 5.74) is 0.990. The van der Waals surface area contributed by atoms with Gasteiger partial charge < -0.3 is 5.09 Å². The van der Waals surface area contributed by atoms with Gasteiger partial charge in [0.25, 0.3) is 0 Å². The third kappa shape index (κ3) is 3.02. The molecule has 0 saturated carbocycles. The van der Waals surface area contributed by atoms with Crippen LogP contribution in [0, 0.1) is 0 Å². The van der Waals surface area contributed by atoms with Gasteiger partial charge in [-0.05, 0) is 23.5 Å². The minimum atomic E-state index is -1.56. The highest BCUT2D eigenvalue weighted by Crippen LogP contribution is 2.54. The van der Waals surface area contributed by atoms with Gasteiger partial charge in [-0.25, -0.2) is 4.98 Å². The Kier molecular flexibility index (Phi) is 4.30. The molecule has 0 unspecified atom stereocenters. The van der Waals surface area contributed by atoms with Crippen LogP contribution in [0.5, 0.6) is 0 Å². The predicted molar refractivity (Wildman–Crippen MR) is 72.4 cm³/mol. The lowest BCUT2D eigenvalue weighted by Gasteiger charge is -2.31. The van der Waals surface area contributed by atoms with Gasteiger partial charge in [0.2, 0.25) is 0 Å². The lowest BCUT2D eigenvalue weighted by Crippen LogP contribution is -2.15. The largest absolute Gasteiger partial charge is 0.342 e. The summed E-state index contributed by atoms with van der Waals surface area (Å²) in [5, 5.41) is 3.47. The fourth-order valence-corrected chi connectivity index (χ4v) is 3.94. The summed E-state index contributed by atoms with van der Waals surface area (Å²) in [4.78, 5) is 4.28. The zero-order chi connectivity index (χ0) is 11.5. The van der Waals surface area contributed by atoms with Crippen LogP contribution in [0.2, 0.25) is 0 Å². The third-order valence-electron chi connectivity index (χ3n) is 2.49. The summed E-state index contributed by atoms with van der Waals surface area (Å²) in [5.74, 6) is 0.906. The van der Waals surface area contributed by atoms with Crippen molar-refractivity contribution >= 4 is 23.8 Å². The van der Waals surface area contributed by atoms with E-state index in [9.17, 15) is 0 Å². The molecule has 1 heterocycles. The molecule has 15 heavy (non-hydrogen) atoms. The van der Waals surface area contributed by atoms with Crippen LogP contribution >= 0.6 is 6.19 Å². The minimum Gasteiger partial charge on any atom is -0.342 e. The minimum absolute atomic E-state index is 0.495. The maximum absolute atomic E-state index is 5.79. The highest BCUT2D eigenvalue weighted by Gasteiger charge is 2.25. The molecule has 0 bridgehead atoms. The molecule has 1 rings (SSSR count).